The van der Waals surface area contributed by atoms with Gasteiger partial charge in [0.05, 0.1) is 5.56 Å². The molecular formula is C16H23N5O2. The van der Waals surface area contributed by atoms with Crippen LogP contribution in [0.15, 0.2) is 12.4 Å². The van der Waals surface area contributed by atoms with Crippen LogP contribution in [0.2, 0.25) is 0 Å². The molecule has 23 heavy (non-hydrogen) atoms. The summed E-state index contributed by atoms with van der Waals surface area (Å²) in [6.45, 7) is 2.43. The molecule has 0 bridgehead atoms. The summed E-state index contributed by atoms with van der Waals surface area (Å²) in [5, 5.41) is 0. The fourth-order valence-electron chi connectivity index (χ4n) is 3.27. The molecule has 0 saturated carbocycles. The number of aromatic nitrogens is 1. The maximum atomic E-state index is 12.7. The number of hydrogen-bond donors (Lipinski definition) is 1. The molecule has 2 aliphatic heterocycles. The summed E-state index contributed by atoms with van der Waals surface area (Å²) in [4.78, 5) is 34.2. The number of amides is 3. The molecule has 1 unspecified atom stereocenters. The number of nitrogens with two attached hydrogens (primary N) is 1. The molecule has 0 radical (unpaired) electrons. The van der Waals surface area contributed by atoms with Gasteiger partial charge in [-0.1, -0.05) is 0 Å². The normalized spacial score (nSPS) is 20.4. The second-order valence-corrected chi connectivity index (χ2v) is 6.47. The van der Waals surface area contributed by atoms with Gasteiger partial charge in [0, 0.05) is 58.7 Å². The van der Waals surface area contributed by atoms with E-state index in [4.69, 9.17) is 5.73 Å². The van der Waals surface area contributed by atoms with Gasteiger partial charge >= 0.3 is 6.03 Å². The molecule has 1 atom stereocenters. The smallest absolute Gasteiger partial charge is 0.319 e. The van der Waals surface area contributed by atoms with Crippen LogP contribution in [0.25, 0.3) is 0 Å². The highest BCUT2D eigenvalue weighted by atomic mass is 16.2. The Balaban J connectivity index is 1.82. The Bertz CT molecular complexity index is 631. The zero-order valence-corrected chi connectivity index (χ0v) is 13.7. The van der Waals surface area contributed by atoms with Crippen molar-refractivity contribution in [2.24, 2.45) is 5.73 Å². The van der Waals surface area contributed by atoms with Gasteiger partial charge in [0.15, 0.2) is 0 Å². The molecule has 0 aromatic carbocycles. The number of urea groups is 1. The van der Waals surface area contributed by atoms with E-state index in [1.165, 1.54) is 0 Å². The minimum absolute atomic E-state index is 0.00897. The van der Waals surface area contributed by atoms with Crippen LogP contribution in [0, 0.1) is 0 Å². The van der Waals surface area contributed by atoms with Crippen LogP contribution in [0.4, 0.5) is 4.79 Å². The number of rotatable bonds is 1. The number of carbonyl (C=O) groups is 2. The lowest BCUT2D eigenvalue weighted by Gasteiger charge is -2.32. The molecule has 0 spiro atoms. The number of carbonyl (C=O) groups excluding carboxylic acids is 2. The minimum Gasteiger partial charge on any atom is -0.337 e. The molecule has 1 aromatic heterocycles. The first kappa shape index (κ1) is 15.7. The van der Waals surface area contributed by atoms with Gasteiger partial charge < -0.3 is 20.4 Å². The third-order valence-corrected chi connectivity index (χ3v) is 4.54. The second kappa shape index (κ2) is 6.16. The summed E-state index contributed by atoms with van der Waals surface area (Å²) in [7, 11) is 3.49. The maximum absolute atomic E-state index is 12.7. The lowest BCUT2D eigenvalue weighted by atomic mass is 9.96. The number of likely N-dealkylation sites (tertiary alicyclic amines) is 1. The first-order chi connectivity index (χ1) is 11.0. The summed E-state index contributed by atoms with van der Waals surface area (Å²) in [6.07, 6.45) is 4.93. The first-order valence-corrected chi connectivity index (χ1v) is 7.94. The SMILES string of the molecule is CN(C)C(=O)N1CCc2c(cncc2C(=O)N2CCC(N)C2)C1. The van der Waals surface area contributed by atoms with Crippen molar-refractivity contribution in [2.75, 3.05) is 33.7 Å². The van der Waals surface area contributed by atoms with Gasteiger partial charge in [-0.25, -0.2) is 4.79 Å². The summed E-state index contributed by atoms with van der Waals surface area (Å²) in [5.41, 5.74) is 8.54. The van der Waals surface area contributed by atoms with Gasteiger partial charge in [-0.3, -0.25) is 9.78 Å². The molecule has 3 heterocycles. The summed E-state index contributed by atoms with van der Waals surface area (Å²) < 4.78 is 0. The molecule has 1 aromatic rings. The third-order valence-electron chi connectivity index (χ3n) is 4.54. The van der Waals surface area contributed by atoms with Crippen LogP contribution in [0.1, 0.15) is 27.9 Å². The van der Waals surface area contributed by atoms with E-state index in [0.29, 0.717) is 38.2 Å². The predicted octanol–water partition coefficient (Wildman–Crippen LogP) is 0.295. The highest BCUT2D eigenvalue weighted by molar-refractivity contribution is 5.96. The average molecular weight is 317 g/mol. The van der Waals surface area contributed by atoms with Crippen molar-refractivity contribution >= 4 is 11.9 Å². The van der Waals surface area contributed by atoms with Crippen LogP contribution in [0.3, 0.4) is 0 Å². The molecule has 124 valence electrons. The summed E-state index contributed by atoms with van der Waals surface area (Å²) >= 11 is 0. The second-order valence-electron chi connectivity index (χ2n) is 6.47. The fourth-order valence-corrected chi connectivity index (χ4v) is 3.27. The largest absolute Gasteiger partial charge is 0.337 e. The molecule has 7 heteroatoms. The zero-order chi connectivity index (χ0) is 16.6. The van der Waals surface area contributed by atoms with E-state index in [-0.39, 0.29) is 18.0 Å². The van der Waals surface area contributed by atoms with E-state index in [1.807, 2.05) is 0 Å². The number of nitrogens with zero attached hydrogens (tertiary/aromatic N) is 4. The van der Waals surface area contributed by atoms with E-state index >= 15 is 0 Å². The summed E-state index contributed by atoms with van der Waals surface area (Å²) in [6, 6.07) is 0.0533. The molecule has 3 rings (SSSR count). The van der Waals surface area contributed by atoms with Crippen LogP contribution in [-0.4, -0.2) is 71.4 Å². The Morgan fingerprint density at radius 3 is 2.70 bits per heavy atom. The average Bonchev–Trinajstić information content (AvgIpc) is 2.98. The standard InChI is InChI=1S/C16H23N5O2/c1-19(2)16(23)21-6-4-13-11(9-21)7-18-8-14(13)15(22)20-5-3-12(17)10-20/h7-8,12H,3-6,9-10,17H2,1-2H3. The molecule has 3 amide bonds. The molecular weight excluding hydrogens is 294 g/mol. The first-order valence-electron chi connectivity index (χ1n) is 7.94. The van der Waals surface area contributed by atoms with Crippen molar-refractivity contribution in [2.45, 2.75) is 25.4 Å². The van der Waals surface area contributed by atoms with Gasteiger partial charge in [-0.05, 0) is 24.0 Å². The van der Waals surface area contributed by atoms with Gasteiger partial charge in [0.1, 0.15) is 0 Å². The van der Waals surface area contributed by atoms with E-state index in [0.717, 1.165) is 17.5 Å². The Hall–Kier alpha value is -2.15. The number of hydrogen-bond acceptors (Lipinski definition) is 4. The van der Waals surface area contributed by atoms with E-state index in [2.05, 4.69) is 4.98 Å². The molecule has 7 nitrogen and oxygen atoms in total. The Kier molecular flexibility index (Phi) is 4.21. The van der Waals surface area contributed by atoms with Crippen molar-refractivity contribution in [3.8, 4) is 0 Å². The maximum Gasteiger partial charge on any atom is 0.319 e. The lowest BCUT2D eigenvalue weighted by molar-refractivity contribution is 0.0788. The topological polar surface area (TPSA) is 82.8 Å². The van der Waals surface area contributed by atoms with Crippen LogP contribution in [-0.2, 0) is 13.0 Å². The molecule has 0 aliphatic carbocycles. The van der Waals surface area contributed by atoms with E-state index < -0.39 is 0 Å². The van der Waals surface area contributed by atoms with Gasteiger partial charge in [0.25, 0.3) is 5.91 Å². The lowest BCUT2D eigenvalue weighted by Crippen LogP contribution is -2.42. The molecule has 2 aliphatic rings. The highest BCUT2D eigenvalue weighted by Crippen LogP contribution is 2.24. The van der Waals surface area contributed by atoms with Crippen molar-refractivity contribution in [3.63, 3.8) is 0 Å². The monoisotopic (exact) mass is 317 g/mol. The van der Waals surface area contributed by atoms with Crippen molar-refractivity contribution in [1.82, 2.24) is 19.7 Å². The number of fused-ring (bicyclic) bond motifs is 1. The number of pyridine rings is 1. The van der Waals surface area contributed by atoms with Crippen molar-refractivity contribution in [3.05, 3.63) is 29.1 Å². The van der Waals surface area contributed by atoms with Crippen LogP contribution < -0.4 is 5.73 Å². The van der Waals surface area contributed by atoms with Gasteiger partial charge in [0.2, 0.25) is 0 Å². The van der Waals surface area contributed by atoms with Gasteiger partial charge in [-0.15, -0.1) is 0 Å². The summed E-state index contributed by atoms with van der Waals surface area (Å²) in [5.74, 6) is 0.00897. The van der Waals surface area contributed by atoms with Crippen LogP contribution in [0.5, 0.6) is 0 Å². The molecule has 1 saturated heterocycles. The van der Waals surface area contributed by atoms with Gasteiger partial charge in [-0.2, -0.15) is 0 Å². The van der Waals surface area contributed by atoms with Crippen molar-refractivity contribution in [1.29, 1.82) is 0 Å². The van der Waals surface area contributed by atoms with E-state index in [1.54, 1.807) is 41.2 Å². The third kappa shape index (κ3) is 3.01. The minimum atomic E-state index is -0.0158. The molecule has 1 fully saturated rings. The zero-order valence-electron chi connectivity index (χ0n) is 13.7. The fraction of sp³-hybridized carbons (Fsp3) is 0.562. The quantitative estimate of drug-likeness (QED) is 0.807. The Labute approximate surface area is 136 Å². The highest BCUT2D eigenvalue weighted by Gasteiger charge is 2.29. The Morgan fingerprint density at radius 2 is 2.04 bits per heavy atom. The van der Waals surface area contributed by atoms with Crippen LogP contribution >= 0.6 is 0 Å². The molecule has 2 N–H and O–H groups in total. The predicted molar refractivity (Wildman–Crippen MR) is 85.9 cm³/mol. The van der Waals surface area contributed by atoms with Crippen molar-refractivity contribution < 1.29 is 9.59 Å². The Morgan fingerprint density at radius 1 is 1.26 bits per heavy atom. The van der Waals surface area contributed by atoms with E-state index in [9.17, 15) is 9.59 Å².